The van der Waals surface area contributed by atoms with Crippen LogP contribution in [0.2, 0.25) is 5.02 Å². The first-order valence-electron chi connectivity index (χ1n) is 10.7. The molecule has 0 unspecified atom stereocenters. The molecule has 0 bridgehead atoms. The standard InChI is InChI=1S/C25H32ClNO/c1-16-4-9-21(17(2)14-16)23-11-10-22-18(3)27(12-13-28)15-24(22)25(23)19-5-7-20(26)8-6-19/h4-9,14,18,22-25,28H,10-13,15H2,1-3H3/t18-,22-,23-,24+,25-/m0/s1. The summed E-state index contributed by atoms with van der Waals surface area (Å²) in [6, 6.07) is 16.1. The zero-order chi connectivity index (χ0) is 19.8. The molecule has 2 aromatic carbocycles. The Hall–Kier alpha value is -1.35. The van der Waals surface area contributed by atoms with E-state index in [4.69, 9.17) is 11.6 Å². The Morgan fingerprint density at radius 2 is 1.79 bits per heavy atom. The smallest absolute Gasteiger partial charge is 0.0558 e. The van der Waals surface area contributed by atoms with Gasteiger partial charge < -0.3 is 5.11 Å². The molecule has 1 N–H and O–H groups in total. The fourth-order valence-corrected chi connectivity index (χ4v) is 6.19. The van der Waals surface area contributed by atoms with Gasteiger partial charge in [-0.15, -0.1) is 0 Å². The highest BCUT2D eigenvalue weighted by molar-refractivity contribution is 6.30. The third-order valence-electron chi connectivity index (χ3n) is 7.36. The molecule has 150 valence electrons. The van der Waals surface area contributed by atoms with Crippen LogP contribution >= 0.6 is 11.6 Å². The Morgan fingerprint density at radius 3 is 2.46 bits per heavy atom. The fourth-order valence-electron chi connectivity index (χ4n) is 6.06. The zero-order valence-corrected chi connectivity index (χ0v) is 18.0. The molecule has 1 aliphatic heterocycles. The monoisotopic (exact) mass is 397 g/mol. The number of hydrogen-bond donors (Lipinski definition) is 1. The van der Waals surface area contributed by atoms with Gasteiger partial charge in [0, 0.05) is 24.2 Å². The summed E-state index contributed by atoms with van der Waals surface area (Å²) >= 11 is 6.21. The van der Waals surface area contributed by atoms with Gasteiger partial charge in [-0.25, -0.2) is 0 Å². The maximum Gasteiger partial charge on any atom is 0.0558 e. The highest BCUT2D eigenvalue weighted by Crippen LogP contribution is 2.54. The molecule has 0 spiro atoms. The molecule has 2 fully saturated rings. The predicted molar refractivity (Wildman–Crippen MR) is 117 cm³/mol. The predicted octanol–water partition coefficient (Wildman–Crippen LogP) is 5.55. The Morgan fingerprint density at radius 1 is 1.04 bits per heavy atom. The number of aliphatic hydroxyl groups excluding tert-OH is 1. The molecule has 0 amide bonds. The number of halogens is 1. The number of benzene rings is 2. The average molecular weight is 398 g/mol. The number of nitrogens with zero attached hydrogens (tertiary/aromatic N) is 1. The van der Waals surface area contributed by atoms with E-state index < -0.39 is 0 Å². The minimum absolute atomic E-state index is 0.246. The lowest BCUT2D eigenvalue weighted by atomic mass is 9.62. The highest BCUT2D eigenvalue weighted by atomic mass is 35.5. The van der Waals surface area contributed by atoms with Crippen molar-refractivity contribution in [2.45, 2.75) is 51.5 Å². The van der Waals surface area contributed by atoms with Gasteiger partial charge in [0.05, 0.1) is 6.61 Å². The molecule has 0 aromatic heterocycles. The first kappa shape index (κ1) is 19.9. The largest absolute Gasteiger partial charge is 0.395 e. The van der Waals surface area contributed by atoms with Crippen molar-refractivity contribution in [3.63, 3.8) is 0 Å². The summed E-state index contributed by atoms with van der Waals surface area (Å²) in [5.74, 6) is 2.38. The van der Waals surface area contributed by atoms with Crippen molar-refractivity contribution in [3.05, 3.63) is 69.7 Å². The number of rotatable bonds is 4. The second-order valence-electron chi connectivity index (χ2n) is 8.91. The van der Waals surface area contributed by atoms with E-state index in [9.17, 15) is 5.11 Å². The van der Waals surface area contributed by atoms with Crippen LogP contribution in [0.1, 0.15) is 53.9 Å². The van der Waals surface area contributed by atoms with Gasteiger partial charge in [-0.3, -0.25) is 4.90 Å². The quantitative estimate of drug-likeness (QED) is 0.731. The first-order valence-corrected chi connectivity index (χ1v) is 11.0. The summed E-state index contributed by atoms with van der Waals surface area (Å²) in [7, 11) is 0. The van der Waals surface area contributed by atoms with Crippen LogP contribution in [0.3, 0.4) is 0 Å². The van der Waals surface area contributed by atoms with Gasteiger partial charge in [-0.05, 0) is 86.1 Å². The van der Waals surface area contributed by atoms with Crippen molar-refractivity contribution < 1.29 is 5.11 Å². The van der Waals surface area contributed by atoms with Crippen LogP contribution in [0.5, 0.6) is 0 Å². The maximum atomic E-state index is 9.53. The molecule has 1 aliphatic carbocycles. The Kier molecular flexibility index (Phi) is 5.83. The summed E-state index contributed by atoms with van der Waals surface area (Å²) in [6.07, 6.45) is 2.51. The van der Waals surface area contributed by atoms with Crippen LogP contribution in [0.25, 0.3) is 0 Å². The third-order valence-corrected chi connectivity index (χ3v) is 7.62. The second-order valence-corrected chi connectivity index (χ2v) is 9.34. The molecule has 1 saturated heterocycles. The minimum atomic E-state index is 0.246. The van der Waals surface area contributed by atoms with Crippen molar-refractivity contribution in [3.8, 4) is 0 Å². The number of aliphatic hydroxyl groups is 1. The first-order chi connectivity index (χ1) is 13.5. The van der Waals surface area contributed by atoms with Gasteiger partial charge in [0.25, 0.3) is 0 Å². The van der Waals surface area contributed by atoms with Crippen molar-refractivity contribution in [2.75, 3.05) is 19.7 Å². The minimum Gasteiger partial charge on any atom is -0.395 e. The van der Waals surface area contributed by atoms with Crippen molar-refractivity contribution in [1.82, 2.24) is 4.90 Å². The van der Waals surface area contributed by atoms with E-state index in [1.807, 2.05) is 12.1 Å². The summed E-state index contributed by atoms with van der Waals surface area (Å²) in [5, 5.41) is 10.3. The SMILES string of the molecule is Cc1ccc([C@@H]2CC[C@@H]3[C@@H](CN(CCO)[C@H]3C)[C@H]2c2ccc(Cl)cc2)c(C)c1. The molecule has 5 atom stereocenters. The number of hydrogen-bond acceptors (Lipinski definition) is 2. The van der Waals surface area contributed by atoms with Crippen LogP contribution in [0, 0.1) is 25.7 Å². The molecule has 2 nitrogen and oxygen atoms in total. The summed E-state index contributed by atoms with van der Waals surface area (Å²) in [6.45, 7) is 8.92. The molecular formula is C25H32ClNO. The fraction of sp³-hybridized carbons (Fsp3) is 0.520. The van der Waals surface area contributed by atoms with Gasteiger partial charge >= 0.3 is 0 Å². The zero-order valence-electron chi connectivity index (χ0n) is 17.2. The molecule has 2 aliphatic rings. The van der Waals surface area contributed by atoms with Gasteiger partial charge in [0.2, 0.25) is 0 Å². The molecular weight excluding hydrogens is 366 g/mol. The molecule has 2 aromatic rings. The van der Waals surface area contributed by atoms with E-state index in [-0.39, 0.29) is 6.61 Å². The van der Waals surface area contributed by atoms with Gasteiger partial charge in [-0.2, -0.15) is 0 Å². The Bertz CT molecular complexity index is 818. The van der Waals surface area contributed by atoms with E-state index in [0.29, 0.717) is 29.7 Å². The topological polar surface area (TPSA) is 23.5 Å². The number of fused-ring (bicyclic) bond motifs is 1. The van der Waals surface area contributed by atoms with Crippen LogP contribution in [0.15, 0.2) is 42.5 Å². The lowest BCUT2D eigenvalue weighted by molar-refractivity contribution is 0.174. The van der Waals surface area contributed by atoms with Gasteiger partial charge in [0.1, 0.15) is 0 Å². The van der Waals surface area contributed by atoms with E-state index >= 15 is 0 Å². The average Bonchev–Trinajstić information content (AvgIpc) is 2.98. The van der Waals surface area contributed by atoms with Crippen molar-refractivity contribution >= 4 is 11.6 Å². The number of β-amino-alcohol motifs (C(OH)–C–C–N with tert-alkyl or cyclic N) is 1. The van der Waals surface area contributed by atoms with E-state index in [1.165, 1.54) is 35.1 Å². The second kappa shape index (κ2) is 8.18. The van der Waals surface area contributed by atoms with Crippen molar-refractivity contribution in [2.24, 2.45) is 11.8 Å². The molecule has 1 saturated carbocycles. The van der Waals surface area contributed by atoms with E-state index in [1.54, 1.807) is 0 Å². The Balaban J connectivity index is 1.75. The van der Waals surface area contributed by atoms with Crippen LogP contribution in [-0.2, 0) is 0 Å². The van der Waals surface area contributed by atoms with Crippen LogP contribution in [-0.4, -0.2) is 35.7 Å². The molecule has 4 rings (SSSR count). The van der Waals surface area contributed by atoms with Gasteiger partial charge in [-0.1, -0.05) is 47.5 Å². The Labute approximate surface area is 174 Å². The van der Waals surface area contributed by atoms with Gasteiger partial charge in [0.15, 0.2) is 0 Å². The molecule has 28 heavy (non-hydrogen) atoms. The van der Waals surface area contributed by atoms with E-state index in [0.717, 1.165) is 18.1 Å². The summed E-state index contributed by atoms with van der Waals surface area (Å²) < 4.78 is 0. The number of aryl methyl sites for hydroxylation is 2. The molecule has 3 heteroatoms. The maximum absolute atomic E-state index is 9.53. The molecule has 1 heterocycles. The van der Waals surface area contributed by atoms with Crippen LogP contribution in [0.4, 0.5) is 0 Å². The lowest BCUT2D eigenvalue weighted by Crippen LogP contribution is -2.34. The highest BCUT2D eigenvalue weighted by Gasteiger charge is 2.48. The van der Waals surface area contributed by atoms with Crippen molar-refractivity contribution in [1.29, 1.82) is 0 Å². The summed E-state index contributed by atoms with van der Waals surface area (Å²) in [4.78, 5) is 2.50. The molecule has 0 radical (unpaired) electrons. The summed E-state index contributed by atoms with van der Waals surface area (Å²) in [5.41, 5.74) is 5.68. The normalized spacial score (nSPS) is 30.4. The number of likely N-dealkylation sites (tertiary alicyclic amines) is 1. The third kappa shape index (κ3) is 3.63. The lowest BCUT2D eigenvalue weighted by Gasteiger charge is -2.42. The van der Waals surface area contributed by atoms with E-state index in [2.05, 4.69) is 56.0 Å². The van der Waals surface area contributed by atoms with Crippen LogP contribution < -0.4 is 0 Å².